The van der Waals surface area contributed by atoms with Gasteiger partial charge >= 0.3 is 5.63 Å². The van der Waals surface area contributed by atoms with Gasteiger partial charge in [-0.1, -0.05) is 24.3 Å². The van der Waals surface area contributed by atoms with Crippen LogP contribution >= 0.6 is 0 Å². The summed E-state index contributed by atoms with van der Waals surface area (Å²) in [5.74, 6) is 0.968. The lowest BCUT2D eigenvalue weighted by Gasteiger charge is -2.25. The van der Waals surface area contributed by atoms with E-state index in [4.69, 9.17) is 18.6 Å². The summed E-state index contributed by atoms with van der Waals surface area (Å²) in [6, 6.07) is 14.3. The first-order valence-corrected chi connectivity index (χ1v) is 10.00. The molecule has 3 heterocycles. The minimum atomic E-state index is -0.637. The summed E-state index contributed by atoms with van der Waals surface area (Å²) in [6.07, 6.45) is 1.81. The van der Waals surface area contributed by atoms with E-state index in [0.717, 1.165) is 18.4 Å². The minimum absolute atomic E-state index is 0.0208. The van der Waals surface area contributed by atoms with E-state index in [1.54, 1.807) is 23.1 Å². The molecule has 154 valence electrons. The summed E-state index contributed by atoms with van der Waals surface area (Å²) in [6.45, 7) is 1.60. The molecule has 5 rings (SSSR count). The van der Waals surface area contributed by atoms with E-state index in [1.165, 1.54) is 0 Å². The Morgan fingerprint density at radius 3 is 2.80 bits per heavy atom. The second-order valence-electron chi connectivity index (χ2n) is 7.49. The number of amides is 1. The molecule has 1 amide bonds. The minimum Gasteiger partial charge on any atom is -0.454 e. The van der Waals surface area contributed by atoms with Crippen LogP contribution in [0.15, 0.2) is 57.7 Å². The van der Waals surface area contributed by atoms with E-state index in [-0.39, 0.29) is 24.4 Å². The van der Waals surface area contributed by atoms with Crippen LogP contribution in [0.2, 0.25) is 0 Å². The summed E-state index contributed by atoms with van der Waals surface area (Å²) >= 11 is 0. The molecule has 0 radical (unpaired) electrons. The fourth-order valence-corrected chi connectivity index (χ4v) is 3.89. The maximum absolute atomic E-state index is 13.4. The standard InChI is InChI=1S/C23H21NO6/c25-22(18-11-16-4-1-2-6-19(16)30-23(18)26)24(13-17-5-3-9-27-17)12-15-7-8-20-21(10-15)29-14-28-20/h1-2,4,6-8,10-11,17H,3,5,9,12-14H2. The van der Waals surface area contributed by atoms with Crippen molar-refractivity contribution in [2.24, 2.45) is 0 Å². The third-order valence-corrected chi connectivity index (χ3v) is 5.42. The topological polar surface area (TPSA) is 78.2 Å². The lowest BCUT2D eigenvalue weighted by Crippen LogP contribution is -2.38. The van der Waals surface area contributed by atoms with Gasteiger partial charge in [-0.3, -0.25) is 4.79 Å². The SMILES string of the molecule is O=C(c1cc2ccccc2oc1=O)N(Cc1ccc2c(c1)OCO2)CC1CCCO1. The fourth-order valence-electron chi connectivity index (χ4n) is 3.89. The lowest BCUT2D eigenvalue weighted by atomic mass is 10.1. The predicted molar refractivity (Wildman–Crippen MR) is 109 cm³/mol. The Morgan fingerprint density at radius 1 is 1.07 bits per heavy atom. The van der Waals surface area contributed by atoms with Gasteiger partial charge in [0.25, 0.3) is 5.91 Å². The molecule has 0 N–H and O–H groups in total. The van der Waals surface area contributed by atoms with Gasteiger partial charge in [0, 0.05) is 25.1 Å². The van der Waals surface area contributed by atoms with Crippen LogP contribution < -0.4 is 15.1 Å². The second-order valence-corrected chi connectivity index (χ2v) is 7.49. The molecule has 30 heavy (non-hydrogen) atoms. The summed E-state index contributed by atoms with van der Waals surface area (Å²) < 4.78 is 21.9. The molecule has 0 spiro atoms. The van der Waals surface area contributed by atoms with Crippen molar-refractivity contribution in [1.82, 2.24) is 4.90 Å². The van der Waals surface area contributed by atoms with Gasteiger partial charge in [-0.25, -0.2) is 4.79 Å². The Morgan fingerprint density at radius 2 is 1.93 bits per heavy atom. The fraction of sp³-hybridized carbons (Fsp3) is 0.304. The Bertz CT molecular complexity index is 1150. The zero-order chi connectivity index (χ0) is 20.5. The van der Waals surface area contributed by atoms with Gasteiger partial charge in [0.15, 0.2) is 11.5 Å². The molecule has 2 aliphatic heterocycles. The Kier molecular flexibility index (Phi) is 4.88. The second kappa shape index (κ2) is 7.84. The maximum Gasteiger partial charge on any atom is 0.349 e. The molecule has 1 unspecified atom stereocenters. The average molecular weight is 407 g/mol. The van der Waals surface area contributed by atoms with Crippen molar-refractivity contribution in [2.75, 3.05) is 19.9 Å². The number of carbonyl (C=O) groups is 1. The molecule has 1 aromatic heterocycles. The molecule has 0 aliphatic carbocycles. The van der Waals surface area contributed by atoms with Crippen LogP contribution in [0.1, 0.15) is 28.8 Å². The molecular weight excluding hydrogens is 386 g/mol. The third-order valence-electron chi connectivity index (χ3n) is 5.42. The van der Waals surface area contributed by atoms with Gasteiger partial charge in [-0.15, -0.1) is 0 Å². The van der Waals surface area contributed by atoms with Crippen LogP contribution in [0.3, 0.4) is 0 Å². The predicted octanol–water partition coefficient (Wildman–Crippen LogP) is 3.34. The summed E-state index contributed by atoms with van der Waals surface area (Å²) in [4.78, 5) is 27.6. The van der Waals surface area contributed by atoms with Crippen LogP contribution in [0.4, 0.5) is 0 Å². The van der Waals surface area contributed by atoms with Crippen LogP contribution in [0.25, 0.3) is 11.0 Å². The number of fused-ring (bicyclic) bond motifs is 2. The number of rotatable bonds is 5. The summed E-state index contributed by atoms with van der Waals surface area (Å²) in [5.41, 5.74) is 0.727. The largest absolute Gasteiger partial charge is 0.454 e. The molecule has 1 atom stereocenters. The van der Waals surface area contributed by atoms with Gasteiger partial charge < -0.3 is 23.5 Å². The molecule has 1 saturated heterocycles. The molecule has 0 saturated carbocycles. The first kappa shape index (κ1) is 18.7. The van der Waals surface area contributed by atoms with Gasteiger partial charge in [-0.05, 0) is 42.7 Å². The van der Waals surface area contributed by atoms with E-state index in [9.17, 15) is 9.59 Å². The number of para-hydroxylation sites is 1. The first-order chi connectivity index (χ1) is 14.7. The quantitative estimate of drug-likeness (QED) is 0.604. The average Bonchev–Trinajstić information content (AvgIpc) is 3.44. The molecule has 2 aliphatic rings. The lowest BCUT2D eigenvalue weighted by molar-refractivity contribution is 0.0504. The van der Waals surface area contributed by atoms with Gasteiger partial charge in [0.2, 0.25) is 6.79 Å². The van der Waals surface area contributed by atoms with E-state index < -0.39 is 5.63 Å². The van der Waals surface area contributed by atoms with Crippen molar-refractivity contribution in [3.8, 4) is 11.5 Å². The van der Waals surface area contributed by atoms with Crippen molar-refractivity contribution < 1.29 is 23.4 Å². The molecule has 1 fully saturated rings. The van der Waals surface area contributed by atoms with E-state index in [1.807, 2.05) is 30.3 Å². The Labute approximate surface area is 172 Å². The maximum atomic E-state index is 13.4. The molecule has 2 aromatic carbocycles. The third kappa shape index (κ3) is 3.64. The van der Waals surface area contributed by atoms with Gasteiger partial charge in [0.05, 0.1) is 6.10 Å². The number of hydrogen-bond acceptors (Lipinski definition) is 6. The van der Waals surface area contributed by atoms with Crippen molar-refractivity contribution in [3.63, 3.8) is 0 Å². The van der Waals surface area contributed by atoms with Crippen molar-refractivity contribution >= 4 is 16.9 Å². The zero-order valence-corrected chi connectivity index (χ0v) is 16.3. The first-order valence-electron chi connectivity index (χ1n) is 10.00. The van der Waals surface area contributed by atoms with E-state index in [0.29, 0.717) is 42.2 Å². The highest BCUT2D eigenvalue weighted by Crippen LogP contribution is 2.33. The van der Waals surface area contributed by atoms with Crippen LogP contribution in [-0.4, -0.2) is 36.9 Å². The highest BCUT2D eigenvalue weighted by atomic mass is 16.7. The Balaban J connectivity index is 1.47. The van der Waals surface area contributed by atoms with Crippen LogP contribution in [0, 0.1) is 0 Å². The van der Waals surface area contributed by atoms with E-state index in [2.05, 4.69) is 0 Å². The number of nitrogens with zero attached hydrogens (tertiary/aromatic N) is 1. The van der Waals surface area contributed by atoms with Crippen molar-refractivity contribution in [3.05, 3.63) is 70.1 Å². The molecule has 0 bridgehead atoms. The molecular formula is C23H21NO6. The van der Waals surface area contributed by atoms with Crippen LogP contribution in [0.5, 0.6) is 11.5 Å². The van der Waals surface area contributed by atoms with E-state index >= 15 is 0 Å². The number of ether oxygens (including phenoxy) is 3. The number of hydrogen-bond donors (Lipinski definition) is 0. The zero-order valence-electron chi connectivity index (χ0n) is 16.3. The number of benzene rings is 2. The molecule has 3 aromatic rings. The van der Waals surface area contributed by atoms with Crippen molar-refractivity contribution in [1.29, 1.82) is 0 Å². The smallest absolute Gasteiger partial charge is 0.349 e. The van der Waals surface area contributed by atoms with Gasteiger partial charge in [0.1, 0.15) is 11.1 Å². The molecule has 7 nitrogen and oxygen atoms in total. The van der Waals surface area contributed by atoms with Crippen LogP contribution in [-0.2, 0) is 11.3 Å². The Hall–Kier alpha value is -3.32. The van der Waals surface area contributed by atoms with Gasteiger partial charge in [-0.2, -0.15) is 0 Å². The summed E-state index contributed by atoms with van der Waals surface area (Å²) in [7, 11) is 0. The summed E-state index contributed by atoms with van der Waals surface area (Å²) in [5, 5.41) is 0.709. The van der Waals surface area contributed by atoms with Crippen molar-refractivity contribution in [2.45, 2.75) is 25.5 Å². The highest BCUT2D eigenvalue weighted by molar-refractivity contribution is 5.96. The monoisotopic (exact) mass is 407 g/mol. The molecule has 7 heteroatoms. The highest BCUT2D eigenvalue weighted by Gasteiger charge is 2.26. The number of carbonyl (C=O) groups excluding carboxylic acids is 1. The normalized spacial score (nSPS) is 17.4.